The highest BCUT2D eigenvalue weighted by atomic mass is 16.5. The summed E-state index contributed by atoms with van der Waals surface area (Å²) in [6, 6.07) is 28.0. The Balaban J connectivity index is 1.96. The van der Waals surface area contributed by atoms with Crippen molar-refractivity contribution in [2.24, 2.45) is 0 Å². The van der Waals surface area contributed by atoms with Crippen molar-refractivity contribution in [2.75, 3.05) is 27.7 Å². The minimum absolute atomic E-state index is 0.565. The number of methoxy groups -OCH3 is 1. The second kappa shape index (κ2) is 8.88. The average Bonchev–Trinajstić information content (AvgIpc) is 2.82. The van der Waals surface area contributed by atoms with E-state index in [1.54, 1.807) is 7.11 Å². The first-order valence-corrected chi connectivity index (χ1v) is 10.5. The van der Waals surface area contributed by atoms with Crippen molar-refractivity contribution < 1.29 is 9.84 Å². The van der Waals surface area contributed by atoms with Crippen molar-refractivity contribution in [2.45, 2.75) is 12.0 Å². The minimum Gasteiger partial charge on any atom is -0.481 e. The summed E-state index contributed by atoms with van der Waals surface area (Å²) >= 11 is 0. The fraction of sp³-hybridized carbons (Fsp3) is 0.222. The Labute approximate surface area is 183 Å². The van der Waals surface area contributed by atoms with Crippen LogP contribution in [0, 0.1) is 0 Å². The van der Waals surface area contributed by atoms with E-state index in [4.69, 9.17) is 9.72 Å². The highest BCUT2D eigenvalue weighted by molar-refractivity contribution is 5.89. The van der Waals surface area contributed by atoms with Gasteiger partial charge in [0.1, 0.15) is 5.60 Å². The van der Waals surface area contributed by atoms with Crippen LogP contribution in [0.15, 0.2) is 84.9 Å². The van der Waals surface area contributed by atoms with Crippen molar-refractivity contribution in [3.05, 3.63) is 96.1 Å². The van der Waals surface area contributed by atoms with Crippen LogP contribution < -0.4 is 4.74 Å². The van der Waals surface area contributed by atoms with E-state index in [2.05, 4.69) is 11.0 Å². The van der Waals surface area contributed by atoms with Gasteiger partial charge in [0.15, 0.2) is 0 Å². The third-order valence-electron chi connectivity index (χ3n) is 5.72. The second-order valence-corrected chi connectivity index (χ2v) is 8.06. The molecule has 1 aromatic heterocycles. The van der Waals surface area contributed by atoms with Crippen LogP contribution in [-0.4, -0.2) is 42.7 Å². The van der Waals surface area contributed by atoms with Crippen molar-refractivity contribution in [1.29, 1.82) is 0 Å². The fourth-order valence-electron chi connectivity index (χ4n) is 4.05. The topological polar surface area (TPSA) is 45.6 Å². The number of aromatic nitrogens is 1. The molecule has 1 atom stereocenters. The first kappa shape index (κ1) is 21.0. The zero-order chi connectivity index (χ0) is 21.8. The Morgan fingerprint density at radius 2 is 1.58 bits per heavy atom. The van der Waals surface area contributed by atoms with Gasteiger partial charge in [-0.15, -0.1) is 0 Å². The molecule has 158 valence electrons. The lowest BCUT2D eigenvalue weighted by Gasteiger charge is -2.32. The molecule has 0 radical (unpaired) electrons. The highest BCUT2D eigenvalue weighted by Crippen LogP contribution is 2.40. The Bertz CT molecular complexity index is 1160. The number of hydrogen-bond donors (Lipinski definition) is 1. The smallest absolute Gasteiger partial charge is 0.221 e. The number of nitrogens with zero attached hydrogens (tertiary/aromatic N) is 2. The number of fused-ring (bicyclic) bond motifs is 1. The molecule has 31 heavy (non-hydrogen) atoms. The van der Waals surface area contributed by atoms with Crippen molar-refractivity contribution in [1.82, 2.24) is 9.88 Å². The molecule has 0 saturated carbocycles. The van der Waals surface area contributed by atoms with Gasteiger partial charge < -0.3 is 14.7 Å². The summed E-state index contributed by atoms with van der Waals surface area (Å²) < 4.78 is 5.62. The van der Waals surface area contributed by atoms with Gasteiger partial charge in [-0.2, -0.15) is 0 Å². The number of benzene rings is 3. The van der Waals surface area contributed by atoms with E-state index in [-0.39, 0.29) is 0 Å². The first-order valence-electron chi connectivity index (χ1n) is 10.5. The lowest BCUT2D eigenvalue weighted by Crippen LogP contribution is -2.32. The van der Waals surface area contributed by atoms with Gasteiger partial charge in [0.25, 0.3) is 0 Å². The van der Waals surface area contributed by atoms with Crippen LogP contribution in [0.4, 0.5) is 0 Å². The summed E-state index contributed by atoms with van der Waals surface area (Å²) in [6.07, 6.45) is 0.565. The molecule has 0 fully saturated rings. The molecule has 4 rings (SSSR count). The van der Waals surface area contributed by atoms with E-state index in [9.17, 15) is 5.11 Å². The van der Waals surface area contributed by atoms with Gasteiger partial charge in [0, 0.05) is 17.5 Å². The molecule has 0 aliphatic heterocycles. The van der Waals surface area contributed by atoms with E-state index in [0.29, 0.717) is 12.3 Å². The van der Waals surface area contributed by atoms with Gasteiger partial charge in [-0.3, -0.25) is 0 Å². The number of rotatable bonds is 7. The van der Waals surface area contributed by atoms with Gasteiger partial charge in [0.05, 0.1) is 12.6 Å². The van der Waals surface area contributed by atoms with E-state index in [0.717, 1.165) is 39.7 Å². The largest absolute Gasteiger partial charge is 0.481 e. The molecular weight excluding hydrogens is 384 g/mol. The molecule has 0 aliphatic carbocycles. The van der Waals surface area contributed by atoms with Crippen LogP contribution >= 0.6 is 0 Å². The highest BCUT2D eigenvalue weighted by Gasteiger charge is 2.33. The third-order valence-corrected chi connectivity index (χ3v) is 5.72. The first-order chi connectivity index (χ1) is 15.0. The standard InChI is InChI=1S/C27H28N2O2/c1-29(2)18-17-27(30,21-13-8-5-9-14-21)24-15-10-16-25-23(24)19-22(26(28-25)31-3)20-11-6-4-7-12-20/h4-16,19,30H,17-18H2,1-3H3. The summed E-state index contributed by atoms with van der Waals surface area (Å²) in [5.41, 5.74) is 3.32. The van der Waals surface area contributed by atoms with Gasteiger partial charge in [0.2, 0.25) is 5.88 Å². The molecule has 0 saturated heterocycles. The monoisotopic (exact) mass is 412 g/mol. The van der Waals surface area contributed by atoms with Crippen LogP contribution in [0.25, 0.3) is 22.0 Å². The molecule has 0 aliphatic rings. The molecule has 1 N–H and O–H groups in total. The zero-order valence-corrected chi connectivity index (χ0v) is 18.2. The Morgan fingerprint density at radius 3 is 2.23 bits per heavy atom. The van der Waals surface area contributed by atoms with Crippen molar-refractivity contribution in [3.63, 3.8) is 0 Å². The summed E-state index contributed by atoms with van der Waals surface area (Å²) in [6.45, 7) is 0.747. The number of aliphatic hydroxyl groups is 1. The molecule has 0 spiro atoms. The fourth-order valence-corrected chi connectivity index (χ4v) is 4.05. The third kappa shape index (κ3) is 4.18. The SMILES string of the molecule is COc1nc2cccc(C(O)(CCN(C)C)c3ccccc3)c2cc1-c1ccccc1. The van der Waals surface area contributed by atoms with E-state index in [1.807, 2.05) is 93.0 Å². The summed E-state index contributed by atoms with van der Waals surface area (Å²) in [7, 11) is 5.69. The van der Waals surface area contributed by atoms with E-state index < -0.39 is 5.60 Å². The Hall–Kier alpha value is -3.21. The maximum absolute atomic E-state index is 12.1. The van der Waals surface area contributed by atoms with Crippen LogP contribution in [0.2, 0.25) is 0 Å². The van der Waals surface area contributed by atoms with Gasteiger partial charge in [-0.05, 0) is 49.3 Å². The molecule has 4 aromatic rings. The average molecular weight is 413 g/mol. The molecule has 0 bridgehead atoms. The normalized spacial score (nSPS) is 13.3. The predicted molar refractivity (Wildman–Crippen MR) is 126 cm³/mol. The van der Waals surface area contributed by atoms with Crippen molar-refractivity contribution in [3.8, 4) is 17.0 Å². The second-order valence-electron chi connectivity index (χ2n) is 8.06. The zero-order valence-electron chi connectivity index (χ0n) is 18.2. The summed E-state index contributed by atoms with van der Waals surface area (Å²) in [5.74, 6) is 0.576. The van der Waals surface area contributed by atoms with Gasteiger partial charge in [-0.25, -0.2) is 4.98 Å². The maximum atomic E-state index is 12.1. The molecule has 4 nitrogen and oxygen atoms in total. The lowest BCUT2D eigenvalue weighted by molar-refractivity contribution is 0.0643. The minimum atomic E-state index is -1.14. The van der Waals surface area contributed by atoms with E-state index >= 15 is 0 Å². The molecule has 1 unspecified atom stereocenters. The van der Waals surface area contributed by atoms with Gasteiger partial charge in [-0.1, -0.05) is 72.8 Å². The summed E-state index contributed by atoms with van der Waals surface area (Å²) in [5, 5.41) is 13.0. The number of ether oxygens (including phenoxy) is 1. The number of pyridine rings is 1. The molecule has 1 heterocycles. The van der Waals surface area contributed by atoms with Crippen LogP contribution in [0.3, 0.4) is 0 Å². The lowest BCUT2D eigenvalue weighted by atomic mass is 9.81. The Kier molecular flexibility index (Phi) is 6.03. The van der Waals surface area contributed by atoms with E-state index in [1.165, 1.54) is 0 Å². The molecule has 0 amide bonds. The predicted octanol–water partition coefficient (Wildman–Crippen LogP) is 5.10. The molecular formula is C27H28N2O2. The van der Waals surface area contributed by atoms with Crippen molar-refractivity contribution >= 4 is 10.9 Å². The molecule has 3 aromatic carbocycles. The Morgan fingerprint density at radius 1 is 0.903 bits per heavy atom. The number of hydrogen-bond acceptors (Lipinski definition) is 4. The molecule has 4 heteroatoms. The summed E-state index contributed by atoms with van der Waals surface area (Å²) in [4.78, 5) is 6.88. The van der Waals surface area contributed by atoms with Gasteiger partial charge >= 0.3 is 0 Å². The van der Waals surface area contributed by atoms with Crippen LogP contribution in [-0.2, 0) is 5.60 Å². The van der Waals surface area contributed by atoms with Crippen LogP contribution in [0.1, 0.15) is 17.5 Å². The maximum Gasteiger partial charge on any atom is 0.221 e. The quantitative estimate of drug-likeness (QED) is 0.459. The van der Waals surface area contributed by atoms with Crippen LogP contribution in [0.5, 0.6) is 5.88 Å².